The Morgan fingerprint density at radius 1 is 1.28 bits per heavy atom. The molecule has 0 aliphatic carbocycles. The molecule has 2 aromatic rings. The molecule has 94 valence electrons. The molecule has 0 spiro atoms. The van der Waals surface area contributed by atoms with E-state index < -0.39 is 11.6 Å². The summed E-state index contributed by atoms with van der Waals surface area (Å²) in [5, 5.41) is 2.80. The highest BCUT2D eigenvalue weighted by molar-refractivity contribution is 5.40. The van der Waals surface area contributed by atoms with Crippen LogP contribution in [0.2, 0.25) is 0 Å². The first-order valence-corrected chi connectivity index (χ1v) is 5.37. The van der Waals surface area contributed by atoms with Gasteiger partial charge in [0.1, 0.15) is 11.6 Å². The van der Waals surface area contributed by atoms with Crippen LogP contribution >= 0.6 is 0 Å². The lowest BCUT2D eigenvalue weighted by molar-refractivity contribution is 0.410. The Bertz CT molecular complexity index is 546. The number of nitrogens with zero attached hydrogens (tertiary/aromatic N) is 1. The number of pyridine rings is 1. The predicted octanol–water partition coefficient (Wildman–Crippen LogP) is 2.98. The van der Waals surface area contributed by atoms with Crippen molar-refractivity contribution in [3.8, 4) is 5.75 Å². The molecule has 0 saturated heterocycles. The number of ether oxygens (including phenoxy) is 1. The van der Waals surface area contributed by atoms with Crippen molar-refractivity contribution >= 4 is 5.82 Å². The van der Waals surface area contributed by atoms with Gasteiger partial charge in [-0.05, 0) is 6.07 Å². The van der Waals surface area contributed by atoms with E-state index in [0.717, 1.165) is 17.8 Å². The van der Waals surface area contributed by atoms with E-state index in [1.54, 1.807) is 7.11 Å². The van der Waals surface area contributed by atoms with E-state index in [1.165, 1.54) is 0 Å². The number of hydrogen-bond acceptors (Lipinski definition) is 3. The molecule has 0 radical (unpaired) electrons. The van der Waals surface area contributed by atoms with Gasteiger partial charge in [-0.2, -0.15) is 0 Å². The van der Waals surface area contributed by atoms with Crippen molar-refractivity contribution in [1.29, 1.82) is 0 Å². The van der Waals surface area contributed by atoms with E-state index in [0.29, 0.717) is 12.3 Å². The fourth-order valence-corrected chi connectivity index (χ4v) is 1.57. The Morgan fingerprint density at radius 3 is 2.78 bits per heavy atom. The largest absolute Gasteiger partial charge is 0.496 e. The van der Waals surface area contributed by atoms with E-state index in [-0.39, 0.29) is 5.82 Å². The maximum atomic E-state index is 13.3. The quantitative estimate of drug-likeness (QED) is 0.905. The van der Waals surface area contributed by atoms with E-state index in [9.17, 15) is 8.78 Å². The monoisotopic (exact) mass is 250 g/mol. The van der Waals surface area contributed by atoms with Crippen molar-refractivity contribution in [1.82, 2.24) is 4.98 Å². The number of para-hydroxylation sites is 1. The first-order valence-electron chi connectivity index (χ1n) is 5.37. The van der Waals surface area contributed by atoms with Gasteiger partial charge < -0.3 is 10.1 Å². The molecule has 0 saturated carbocycles. The lowest BCUT2D eigenvalue weighted by Crippen LogP contribution is -2.05. The summed E-state index contributed by atoms with van der Waals surface area (Å²) in [6.07, 6.45) is 0.966. The van der Waals surface area contributed by atoms with Gasteiger partial charge in [-0.15, -0.1) is 0 Å². The number of hydrogen-bond donors (Lipinski definition) is 1. The normalized spacial score (nSPS) is 10.2. The Kier molecular flexibility index (Phi) is 3.72. The molecule has 5 heteroatoms. The molecule has 0 fully saturated rings. The van der Waals surface area contributed by atoms with Crippen LogP contribution in [0.1, 0.15) is 5.56 Å². The number of aromatic nitrogens is 1. The average Bonchev–Trinajstić information content (AvgIpc) is 2.38. The summed E-state index contributed by atoms with van der Waals surface area (Å²) in [5.74, 6) is -0.699. The minimum absolute atomic E-state index is 0.0160. The molecule has 1 N–H and O–H groups in total. The second-order valence-electron chi connectivity index (χ2n) is 3.65. The number of benzene rings is 1. The van der Waals surface area contributed by atoms with Crippen molar-refractivity contribution in [2.24, 2.45) is 0 Å². The second kappa shape index (κ2) is 5.44. The Labute approximate surface area is 103 Å². The first kappa shape index (κ1) is 12.3. The van der Waals surface area contributed by atoms with Crippen LogP contribution in [0.5, 0.6) is 5.75 Å². The molecule has 1 aromatic carbocycles. The van der Waals surface area contributed by atoms with E-state index >= 15 is 0 Å². The minimum atomic E-state index is -0.718. The van der Waals surface area contributed by atoms with Crippen LogP contribution in [0.3, 0.4) is 0 Å². The maximum Gasteiger partial charge on any atom is 0.168 e. The van der Waals surface area contributed by atoms with Gasteiger partial charge in [0, 0.05) is 18.2 Å². The van der Waals surface area contributed by atoms with Gasteiger partial charge >= 0.3 is 0 Å². The average molecular weight is 250 g/mol. The summed E-state index contributed by atoms with van der Waals surface area (Å²) in [6, 6.07) is 8.16. The molecule has 0 bridgehead atoms. The zero-order valence-corrected chi connectivity index (χ0v) is 9.78. The molecule has 1 heterocycles. The zero-order chi connectivity index (χ0) is 13.0. The topological polar surface area (TPSA) is 34.1 Å². The molecule has 3 nitrogen and oxygen atoms in total. The number of nitrogens with one attached hydrogen (secondary N) is 1. The zero-order valence-electron chi connectivity index (χ0n) is 9.78. The first-order chi connectivity index (χ1) is 8.70. The van der Waals surface area contributed by atoms with Gasteiger partial charge in [-0.3, -0.25) is 0 Å². The van der Waals surface area contributed by atoms with Crippen molar-refractivity contribution < 1.29 is 13.5 Å². The number of rotatable bonds is 4. The molecule has 0 unspecified atom stereocenters. The standard InChI is InChI=1S/C13H12F2N2O/c1-18-12-5-3-2-4-9(12)7-16-13-11(15)6-10(14)8-17-13/h2-6,8H,7H2,1H3,(H,16,17). The van der Waals surface area contributed by atoms with Crippen molar-refractivity contribution in [3.63, 3.8) is 0 Å². The molecule has 0 atom stereocenters. The minimum Gasteiger partial charge on any atom is -0.496 e. The van der Waals surface area contributed by atoms with Crippen LogP contribution in [0.25, 0.3) is 0 Å². The van der Waals surface area contributed by atoms with Crippen molar-refractivity contribution in [3.05, 3.63) is 53.7 Å². The SMILES string of the molecule is COc1ccccc1CNc1ncc(F)cc1F. The molecular formula is C13H12F2N2O. The summed E-state index contributed by atoms with van der Waals surface area (Å²) < 4.78 is 31.2. The smallest absolute Gasteiger partial charge is 0.168 e. The predicted molar refractivity (Wildman–Crippen MR) is 64.5 cm³/mol. The fraction of sp³-hybridized carbons (Fsp3) is 0.154. The molecule has 2 rings (SSSR count). The van der Waals surface area contributed by atoms with Gasteiger partial charge in [0.05, 0.1) is 13.3 Å². The van der Waals surface area contributed by atoms with Crippen molar-refractivity contribution in [2.75, 3.05) is 12.4 Å². The third-order valence-corrected chi connectivity index (χ3v) is 2.45. The molecule has 0 aliphatic heterocycles. The summed E-state index contributed by atoms with van der Waals surface area (Å²) in [4.78, 5) is 3.65. The van der Waals surface area contributed by atoms with Crippen LogP contribution in [-0.4, -0.2) is 12.1 Å². The molecular weight excluding hydrogens is 238 g/mol. The molecule has 1 aromatic heterocycles. The van der Waals surface area contributed by atoms with Crippen LogP contribution in [0.4, 0.5) is 14.6 Å². The van der Waals surface area contributed by atoms with Gasteiger partial charge in [0.2, 0.25) is 0 Å². The van der Waals surface area contributed by atoms with Gasteiger partial charge in [0.25, 0.3) is 0 Å². The van der Waals surface area contributed by atoms with Gasteiger partial charge in [-0.1, -0.05) is 18.2 Å². The van der Waals surface area contributed by atoms with E-state index in [4.69, 9.17) is 4.74 Å². The number of anilines is 1. The molecule has 0 amide bonds. The third kappa shape index (κ3) is 2.74. The van der Waals surface area contributed by atoms with Crippen molar-refractivity contribution in [2.45, 2.75) is 6.54 Å². The number of methoxy groups -OCH3 is 1. The van der Waals surface area contributed by atoms with E-state index in [2.05, 4.69) is 10.3 Å². The second-order valence-corrected chi connectivity index (χ2v) is 3.65. The highest BCUT2D eigenvalue weighted by Gasteiger charge is 2.06. The summed E-state index contributed by atoms with van der Waals surface area (Å²) in [5.41, 5.74) is 0.866. The Hall–Kier alpha value is -2.17. The third-order valence-electron chi connectivity index (χ3n) is 2.45. The Morgan fingerprint density at radius 2 is 2.06 bits per heavy atom. The van der Waals surface area contributed by atoms with Crippen LogP contribution in [-0.2, 0) is 6.54 Å². The highest BCUT2D eigenvalue weighted by Crippen LogP contribution is 2.19. The van der Waals surface area contributed by atoms with E-state index in [1.807, 2.05) is 24.3 Å². The Balaban J connectivity index is 2.11. The van der Waals surface area contributed by atoms with Gasteiger partial charge in [-0.25, -0.2) is 13.8 Å². The maximum absolute atomic E-state index is 13.3. The fourth-order valence-electron chi connectivity index (χ4n) is 1.57. The lowest BCUT2D eigenvalue weighted by Gasteiger charge is -2.10. The lowest BCUT2D eigenvalue weighted by atomic mass is 10.2. The van der Waals surface area contributed by atoms with Crippen LogP contribution in [0, 0.1) is 11.6 Å². The molecule has 0 aliphatic rings. The molecule has 18 heavy (non-hydrogen) atoms. The number of halogens is 2. The summed E-state index contributed by atoms with van der Waals surface area (Å²) in [6.45, 7) is 0.347. The highest BCUT2D eigenvalue weighted by atomic mass is 19.1. The van der Waals surface area contributed by atoms with Crippen LogP contribution < -0.4 is 10.1 Å². The summed E-state index contributed by atoms with van der Waals surface area (Å²) in [7, 11) is 1.57. The summed E-state index contributed by atoms with van der Waals surface area (Å²) >= 11 is 0. The van der Waals surface area contributed by atoms with Gasteiger partial charge in [0.15, 0.2) is 11.6 Å². The van der Waals surface area contributed by atoms with Crippen LogP contribution in [0.15, 0.2) is 36.5 Å².